The molecule has 1 aromatic heterocycles. The van der Waals surface area contributed by atoms with Gasteiger partial charge in [-0.3, -0.25) is 0 Å². The Morgan fingerprint density at radius 3 is 1.75 bits per heavy atom. The van der Waals surface area contributed by atoms with Crippen molar-refractivity contribution in [1.29, 1.82) is 5.41 Å². The van der Waals surface area contributed by atoms with E-state index in [9.17, 15) is 0 Å². The minimum atomic E-state index is 1.01. The summed E-state index contributed by atoms with van der Waals surface area (Å²) < 4.78 is 0. The highest BCUT2D eigenvalue weighted by Gasteiger charge is 2.10. The number of hydrogen-bond acceptors (Lipinski definition) is 2. The van der Waals surface area contributed by atoms with Crippen LogP contribution in [0.4, 0.5) is 0 Å². The molecule has 0 saturated carbocycles. The van der Waals surface area contributed by atoms with Gasteiger partial charge in [0, 0.05) is 22.2 Å². The Morgan fingerprint density at radius 1 is 0.812 bits per heavy atom. The average molecular weight is 231 g/mol. The van der Waals surface area contributed by atoms with Crippen molar-refractivity contribution in [3.05, 3.63) is 39.1 Å². The highest BCUT2D eigenvalue weighted by atomic mass is 32.1. The van der Waals surface area contributed by atoms with E-state index in [0.717, 1.165) is 10.4 Å². The first-order chi connectivity index (χ1) is 7.78. The molecule has 0 saturated heterocycles. The van der Waals surface area contributed by atoms with Gasteiger partial charge >= 0.3 is 0 Å². The molecular formula is C14H17NS. The minimum absolute atomic E-state index is 1.01. The van der Waals surface area contributed by atoms with E-state index < -0.39 is 0 Å². The molecule has 1 nitrogen and oxygen atoms in total. The van der Waals surface area contributed by atoms with E-state index in [0.29, 0.717) is 0 Å². The van der Waals surface area contributed by atoms with Crippen LogP contribution < -0.4 is 0 Å². The molecule has 1 heterocycles. The third-order valence-corrected chi connectivity index (χ3v) is 3.29. The maximum Gasteiger partial charge on any atom is 0.0530 e. The smallest absolute Gasteiger partial charge is 0.0530 e. The molecule has 0 spiro atoms. The summed E-state index contributed by atoms with van der Waals surface area (Å²) in [5.74, 6) is 0. The lowest BCUT2D eigenvalue weighted by Crippen LogP contribution is -1.80. The summed E-state index contributed by atoms with van der Waals surface area (Å²) in [5.41, 5.74) is 2.36. The second-order valence-electron chi connectivity index (χ2n) is 3.30. The van der Waals surface area contributed by atoms with Crippen LogP contribution in [-0.2, 0) is 0 Å². The topological polar surface area (TPSA) is 23.9 Å². The summed E-state index contributed by atoms with van der Waals surface area (Å²) in [5, 5.41) is 7.44. The van der Waals surface area contributed by atoms with Crippen molar-refractivity contribution in [2.75, 3.05) is 0 Å². The van der Waals surface area contributed by atoms with Gasteiger partial charge in [-0.2, -0.15) is 0 Å². The molecule has 16 heavy (non-hydrogen) atoms. The zero-order valence-electron chi connectivity index (χ0n) is 9.95. The van der Waals surface area contributed by atoms with Gasteiger partial charge < -0.3 is 5.41 Å². The average Bonchev–Trinajstić information content (AvgIpc) is 2.60. The van der Waals surface area contributed by atoms with Crippen LogP contribution in [0.5, 0.6) is 0 Å². The molecule has 0 aliphatic rings. The molecule has 1 aromatic rings. The van der Waals surface area contributed by atoms with Crippen molar-refractivity contribution in [3.8, 4) is 0 Å². The molecule has 0 bridgehead atoms. The molecule has 0 unspecified atom stereocenters. The van der Waals surface area contributed by atoms with E-state index in [2.05, 4.69) is 18.2 Å². The van der Waals surface area contributed by atoms with Crippen LogP contribution in [0.3, 0.4) is 0 Å². The lowest BCUT2D eigenvalue weighted by atomic mass is 10.1. The fraction of sp³-hybridized carbons (Fsp3) is 0.214. The molecule has 0 fully saturated rings. The molecule has 1 N–H and O–H groups in total. The van der Waals surface area contributed by atoms with Crippen LogP contribution in [0.2, 0.25) is 0 Å². The third-order valence-electron chi connectivity index (χ3n) is 2.16. The SMILES string of the molecule is C/C=C\c1sc(C=N)c(/C=C\C)c1/C=C\C. The lowest BCUT2D eigenvalue weighted by Gasteiger charge is -1.95. The van der Waals surface area contributed by atoms with E-state index in [1.807, 2.05) is 39.0 Å². The second kappa shape index (κ2) is 6.23. The Bertz CT molecular complexity index is 448. The molecule has 84 valence electrons. The van der Waals surface area contributed by atoms with E-state index in [1.165, 1.54) is 16.7 Å². The third kappa shape index (κ3) is 2.58. The number of nitrogens with one attached hydrogen (secondary N) is 1. The van der Waals surface area contributed by atoms with Gasteiger partial charge in [-0.15, -0.1) is 11.3 Å². The predicted octanol–water partition coefficient (Wildman–Crippen LogP) is 4.85. The van der Waals surface area contributed by atoms with Gasteiger partial charge in [0.2, 0.25) is 0 Å². The summed E-state index contributed by atoms with van der Waals surface area (Å²) in [6.45, 7) is 6.03. The van der Waals surface area contributed by atoms with Crippen molar-refractivity contribution in [1.82, 2.24) is 0 Å². The fourth-order valence-corrected chi connectivity index (χ4v) is 2.63. The van der Waals surface area contributed by atoms with Crippen LogP contribution in [0.25, 0.3) is 18.2 Å². The Morgan fingerprint density at radius 2 is 1.31 bits per heavy atom. The zero-order valence-corrected chi connectivity index (χ0v) is 10.8. The van der Waals surface area contributed by atoms with Gasteiger partial charge in [0.25, 0.3) is 0 Å². The van der Waals surface area contributed by atoms with Crippen molar-refractivity contribution in [3.63, 3.8) is 0 Å². The van der Waals surface area contributed by atoms with Crippen molar-refractivity contribution >= 4 is 35.8 Å². The van der Waals surface area contributed by atoms with E-state index in [4.69, 9.17) is 5.41 Å². The van der Waals surface area contributed by atoms with Gasteiger partial charge in [-0.1, -0.05) is 30.4 Å². The Kier molecular flexibility index (Phi) is 4.93. The zero-order chi connectivity index (χ0) is 12.0. The van der Waals surface area contributed by atoms with Crippen molar-refractivity contribution < 1.29 is 0 Å². The molecule has 0 aliphatic heterocycles. The van der Waals surface area contributed by atoms with Crippen LogP contribution >= 0.6 is 11.3 Å². The first kappa shape index (κ1) is 12.7. The summed E-state index contributed by atoms with van der Waals surface area (Å²) in [4.78, 5) is 2.23. The van der Waals surface area contributed by atoms with E-state index in [1.54, 1.807) is 11.3 Å². The number of rotatable bonds is 4. The molecule has 0 radical (unpaired) electrons. The van der Waals surface area contributed by atoms with Crippen LogP contribution in [0.1, 0.15) is 41.7 Å². The van der Waals surface area contributed by atoms with Gasteiger partial charge in [-0.25, -0.2) is 0 Å². The molecule has 0 aromatic carbocycles. The summed E-state index contributed by atoms with van der Waals surface area (Å²) in [6, 6.07) is 0. The molecule has 2 heteroatoms. The molecule has 0 aliphatic carbocycles. The van der Waals surface area contributed by atoms with Gasteiger partial charge in [0.05, 0.1) is 4.88 Å². The molecule has 1 rings (SSSR count). The first-order valence-electron chi connectivity index (χ1n) is 5.33. The predicted molar refractivity (Wildman–Crippen MR) is 76.3 cm³/mol. The lowest BCUT2D eigenvalue weighted by molar-refractivity contribution is 1.56. The van der Waals surface area contributed by atoms with Gasteiger partial charge in [-0.05, 0) is 26.8 Å². The first-order valence-corrected chi connectivity index (χ1v) is 6.15. The fourth-order valence-electron chi connectivity index (χ4n) is 1.55. The van der Waals surface area contributed by atoms with E-state index >= 15 is 0 Å². The van der Waals surface area contributed by atoms with Crippen LogP contribution in [-0.4, -0.2) is 6.21 Å². The standard InChI is InChI=1S/C14H17NS/c1-4-7-11-12(8-5-2)14(10-15)16-13(11)9-6-3/h4-10,15H,1-3H3/b7-4-,8-5-,9-6-,15-10?. The Labute approximate surface area is 101 Å². The summed E-state index contributed by atoms with van der Waals surface area (Å²) >= 11 is 1.66. The number of hydrogen-bond donors (Lipinski definition) is 1. The van der Waals surface area contributed by atoms with Crippen LogP contribution in [0, 0.1) is 5.41 Å². The maximum absolute atomic E-state index is 7.44. The highest BCUT2D eigenvalue weighted by molar-refractivity contribution is 7.15. The van der Waals surface area contributed by atoms with Crippen molar-refractivity contribution in [2.45, 2.75) is 20.8 Å². The quantitative estimate of drug-likeness (QED) is 0.717. The van der Waals surface area contributed by atoms with Gasteiger partial charge in [0.15, 0.2) is 0 Å². The largest absolute Gasteiger partial charge is 0.307 e. The molecule has 0 atom stereocenters. The summed E-state index contributed by atoms with van der Waals surface area (Å²) in [6.07, 6.45) is 13.8. The van der Waals surface area contributed by atoms with E-state index in [-0.39, 0.29) is 0 Å². The molecule has 0 amide bonds. The van der Waals surface area contributed by atoms with Gasteiger partial charge in [0.1, 0.15) is 0 Å². The Balaban J connectivity index is 3.46. The Hall–Kier alpha value is -1.41. The monoisotopic (exact) mass is 231 g/mol. The molecular weight excluding hydrogens is 214 g/mol. The van der Waals surface area contributed by atoms with Crippen LogP contribution in [0.15, 0.2) is 18.2 Å². The van der Waals surface area contributed by atoms with Crippen molar-refractivity contribution in [2.24, 2.45) is 0 Å². The second-order valence-corrected chi connectivity index (χ2v) is 4.39. The maximum atomic E-state index is 7.44. The number of thiophene rings is 1. The normalized spacial score (nSPS) is 12.2. The number of allylic oxidation sites excluding steroid dienone is 3. The minimum Gasteiger partial charge on any atom is -0.307 e. The highest BCUT2D eigenvalue weighted by Crippen LogP contribution is 2.31. The summed E-state index contributed by atoms with van der Waals surface area (Å²) in [7, 11) is 0.